The van der Waals surface area contributed by atoms with Crippen LogP contribution in [0.3, 0.4) is 0 Å². The van der Waals surface area contributed by atoms with E-state index >= 15 is 0 Å². The summed E-state index contributed by atoms with van der Waals surface area (Å²) >= 11 is 0. The zero-order valence-corrected chi connectivity index (χ0v) is 16.0. The number of aliphatic hydroxyl groups excluding tert-OH is 3. The molecule has 1 aliphatic rings. The fourth-order valence-corrected chi connectivity index (χ4v) is 3.64. The van der Waals surface area contributed by atoms with Crippen molar-refractivity contribution in [2.24, 2.45) is 11.8 Å². The molecule has 1 aliphatic carbocycles. The second-order valence-corrected chi connectivity index (χ2v) is 7.19. The number of ether oxygens (including phenoxy) is 1. The molecule has 1 fully saturated rings. The van der Waals surface area contributed by atoms with E-state index in [-0.39, 0.29) is 30.7 Å². The van der Waals surface area contributed by atoms with Crippen LogP contribution in [-0.4, -0.2) is 47.3 Å². The van der Waals surface area contributed by atoms with Crippen LogP contribution in [0.5, 0.6) is 0 Å². The van der Waals surface area contributed by atoms with Gasteiger partial charge in [0, 0.05) is 26.1 Å². The third kappa shape index (κ3) is 8.50. The van der Waals surface area contributed by atoms with Crippen molar-refractivity contribution in [1.82, 2.24) is 0 Å². The lowest BCUT2D eigenvalue weighted by Gasteiger charge is -2.21. The van der Waals surface area contributed by atoms with Crippen molar-refractivity contribution >= 4 is 0 Å². The Hall–Kier alpha value is -0.680. The van der Waals surface area contributed by atoms with Gasteiger partial charge in [-0.2, -0.15) is 0 Å². The highest BCUT2D eigenvalue weighted by atomic mass is 16.5. The largest absolute Gasteiger partial charge is 0.396 e. The third-order valence-corrected chi connectivity index (χ3v) is 5.21. The standard InChI is InChI=1S/C21H38O4/c1-3-4-8-11-17(23)13-14-19-18(20(24)16-21(19)25-2)12-9-6-5-7-10-15-22/h6,9,13-14,17-24H,3-5,7-8,10-12,15-16H2,1-2H3. The van der Waals surface area contributed by atoms with E-state index in [1.54, 1.807) is 7.11 Å². The monoisotopic (exact) mass is 354 g/mol. The topological polar surface area (TPSA) is 69.9 Å². The van der Waals surface area contributed by atoms with Gasteiger partial charge in [0.15, 0.2) is 0 Å². The Bertz CT molecular complexity index is 380. The molecule has 3 N–H and O–H groups in total. The molecular formula is C21H38O4. The lowest BCUT2D eigenvalue weighted by Crippen LogP contribution is -2.21. The first-order valence-electron chi connectivity index (χ1n) is 9.97. The maximum Gasteiger partial charge on any atom is 0.0721 e. The molecule has 0 aliphatic heterocycles. The molecule has 0 radical (unpaired) electrons. The first-order valence-corrected chi connectivity index (χ1v) is 9.97. The number of unbranched alkanes of at least 4 members (excludes halogenated alkanes) is 4. The van der Waals surface area contributed by atoms with E-state index < -0.39 is 6.10 Å². The maximum absolute atomic E-state index is 10.4. The van der Waals surface area contributed by atoms with Crippen LogP contribution in [0.1, 0.15) is 64.7 Å². The summed E-state index contributed by atoms with van der Waals surface area (Å²) in [6, 6.07) is 0. The van der Waals surface area contributed by atoms with Crippen LogP contribution in [0, 0.1) is 11.8 Å². The summed E-state index contributed by atoms with van der Waals surface area (Å²) in [7, 11) is 1.70. The van der Waals surface area contributed by atoms with Crippen molar-refractivity contribution in [3.05, 3.63) is 24.3 Å². The van der Waals surface area contributed by atoms with Crippen LogP contribution >= 0.6 is 0 Å². The number of aliphatic hydroxyl groups is 3. The van der Waals surface area contributed by atoms with Crippen molar-refractivity contribution in [2.45, 2.75) is 83.0 Å². The highest BCUT2D eigenvalue weighted by molar-refractivity contribution is 5.06. The summed E-state index contributed by atoms with van der Waals surface area (Å²) in [5.41, 5.74) is 0. The van der Waals surface area contributed by atoms with Gasteiger partial charge in [0.05, 0.1) is 18.3 Å². The maximum atomic E-state index is 10.4. The van der Waals surface area contributed by atoms with Gasteiger partial charge in [0.2, 0.25) is 0 Å². The number of rotatable bonds is 13. The Balaban J connectivity index is 2.55. The molecule has 1 rings (SSSR count). The molecule has 0 heterocycles. The predicted octanol–water partition coefficient (Wildman–Crippen LogP) is 3.60. The second kappa shape index (κ2) is 13.5. The van der Waals surface area contributed by atoms with Crippen LogP contribution < -0.4 is 0 Å². The number of methoxy groups -OCH3 is 1. The summed E-state index contributed by atoms with van der Waals surface area (Å²) < 4.78 is 5.57. The van der Waals surface area contributed by atoms with Crippen molar-refractivity contribution in [3.8, 4) is 0 Å². The molecule has 146 valence electrons. The minimum atomic E-state index is -0.406. The molecule has 0 aromatic heterocycles. The number of allylic oxidation sites excluding steroid dienone is 2. The highest BCUT2D eigenvalue weighted by Crippen LogP contribution is 2.38. The van der Waals surface area contributed by atoms with Crippen molar-refractivity contribution < 1.29 is 20.1 Å². The van der Waals surface area contributed by atoms with E-state index in [0.717, 1.165) is 51.4 Å². The van der Waals surface area contributed by atoms with Gasteiger partial charge in [0.25, 0.3) is 0 Å². The molecule has 0 amide bonds. The van der Waals surface area contributed by atoms with Crippen LogP contribution in [0.2, 0.25) is 0 Å². The molecule has 0 spiro atoms. The predicted molar refractivity (Wildman–Crippen MR) is 102 cm³/mol. The average Bonchev–Trinajstić information content (AvgIpc) is 2.91. The first-order chi connectivity index (χ1) is 12.1. The Morgan fingerprint density at radius 3 is 2.64 bits per heavy atom. The SMILES string of the molecule is CCCCCC(O)C=CC1C(OC)CC(O)C1CC=CCCCCO. The van der Waals surface area contributed by atoms with Gasteiger partial charge in [-0.1, -0.05) is 50.5 Å². The van der Waals surface area contributed by atoms with E-state index in [1.807, 2.05) is 6.08 Å². The van der Waals surface area contributed by atoms with Gasteiger partial charge in [0.1, 0.15) is 0 Å². The Morgan fingerprint density at radius 1 is 1.16 bits per heavy atom. The van der Waals surface area contributed by atoms with Crippen LogP contribution in [0.25, 0.3) is 0 Å². The van der Waals surface area contributed by atoms with Crippen molar-refractivity contribution in [1.29, 1.82) is 0 Å². The molecule has 5 atom stereocenters. The van der Waals surface area contributed by atoms with Gasteiger partial charge in [-0.25, -0.2) is 0 Å². The zero-order valence-electron chi connectivity index (χ0n) is 16.0. The fraction of sp³-hybridized carbons (Fsp3) is 0.810. The lowest BCUT2D eigenvalue weighted by atomic mass is 9.89. The Morgan fingerprint density at radius 2 is 1.96 bits per heavy atom. The molecule has 0 aromatic carbocycles. The lowest BCUT2D eigenvalue weighted by molar-refractivity contribution is 0.0746. The minimum absolute atomic E-state index is 0.0156. The van der Waals surface area contributed by atoms with Gasteiger partial charge in [-0.3, -0.25) is 0 Å². The van der Waals surface area contributed by atoms with Gasteiger partial charge >= 0.3 is 0 Å². The van der Waals surface area contributed by atoms with E-state index in [9.17, 15) is 10.2 Å². The molecule has 0 aromatic rings. The first kappa shape index (κ1) is 22.4. The average molecular weight is 355 g/mol. The Kier molecular flexibility index (Phi) is 12.1. The Labute approximate surface area is 153 Å². The highest BCUT2D eigenvalue weighted by Gasteiger charge is 2.40. The normalized spacial score (nSPS) is 28.4. The summed E-state index contributed by atoms with van der Waals surface area (Å²) in [5, 5.41) is 29.3. The van der Waals surface area contributed by atoms with Gasteiger partial charge in [-0.15, -0.1) is 0 Å². The summed E-state index contributed by atoms with van der Waals surface area (Å²) in [6.45, 7) is 2.41. The van der Waals surface area contributed by atoms with Gasteiger partial charge < -0.3 is 20.1 Å². The molecule has 0 bridgehead atoms. The van der Waals surface area contributed by atoms with Crippen LogP contribution in [0.15, 0.2) is 24.3 Å². The van der Waals surface area contributed by atoms with E-state index in [0.29, 0.717) is 6.42 Å². The fourth-order valence-electron chi connectivity index (χ4n) is 3.64. The number of hydrogen-bond donors (Lipinski definition) is 3. The molecule has 4 nitrogen and oxygen atoms in total. The van der Waals surface area contributed by atoms with Crippen molar-refractivity contribution in [2.75, 3.05) is 13.7 Å². The molecule has 5 unspecified atom stereocenters. The van der Waals surface area contributed by atoms with E-state index in [2.05, 4.69) is 25.2 Å². The van der Waals surface area contributed by atoms with E-state index in [1.165, 1.54) is 0 Å². The molecule has 4 heteroatoms. The molecular weight excluding hydrogens is 316 g/mol. The third-order valence-electron chi connectivity index (χ3n) is 5.21. The summed E-state index contributed by atoms with van der Waals surface area (Å²) in [6.07, 6.45) is 15.9. The van der Waals surface area contributed by atoms with Gasteiger partial charge in [-0.05, 0) is 38.0 Å². The van der Waals surface area contributed by atoms with Crippen molar-refractivity contribution in [3.63, 3.8) is 0 Å². The van der Waals surface area contributed by atoms with Crippen LogP contribution in [-0.2, 0) is 4.74 Å². The molecule has 0 saturated heterocycles. The minimum Gasteiger partial charge on any atom is -0.396 e. The molecule has 1 saturated carbocycles. The molecule has 25 heavy (non-hydrogen) atoms. The second-order valence-electron chi connectivity index (χ2n) is 7.19. The summed E-state index contributed by atoms with van der Waals surface area (Å²) in [4.78, 5) is 0. The van der Waals surface area contributed by atoms with Crippen LogP contribution in [0.4, 0.5) is 0 Å². The zero-order chi connectivity index (χ0) is 18.5. The number of hydrogen-bond acceptors (Lipinski definition) is 4. The summed E-state index contributed by atoms with van der Waals surface area (Å²) in [5.74, 6) is 0.279. The smallest absolute Gasteiger partial charge is 0.0721 e. The van der Waals surface area contributed by atoms with E-state index in [4.69, 9.17) is 9.84 Å². The quantitative estimate of drug-likeness (QED) is 0.349.